The number of aromatic nitrogens is 3. The van der Waals surface area contributed by atoms with Crippen molar-refractivity contribution in [1.82, 2.24) is 14.4 Å². The Balaban J connectivity index is 2.04. The highest BCUT2D eigenvalue weighted by molar-refractivity contribution is 5.53. The Labute approximate surface area is 107 Å². The molecule has 0 aromatic carbocycles. The number of nitrogens with one attached hydrogen (secondary N) is 1. The van der Waals surface area contributed by atoms with Gasteiger partial charge < -0.3 is 10.1 Å². The van der Waals surface area contributed by atoms with Crippen molar-refractivity contribution >= 4 is 11.5 Å². The third-order valence-electron chi connectivity index (χ3n) is 2.84. The molecule has 2 aromatic rings. The minimum atomic E-state index is 0.600. The molecule has 5 nitrogen and oxygen atoms in total. The number of rotatable bonds is 7. The first-order valence-corrected chi connectivity index (χ1v) is 6.49. The first-order chi connectivity index (χ1) is 8.85. The minimum Gasteiger partial charge on any atom is -0.475 e. The molecule has 0 saturated carbocycles. The summed E-state index contributed by atoms with van der Waals surface area (Å²) in [7, 11) is 1.84. The van der Waals surface area contributed by atoms with Gasteiger partial charge in [-0.2, -0.15) is 4.98 Å². The monoisotopic (exact) mass is 248 g/mol. The lowest BCUT2D eigenvalue weighted by Crippen LogP contribution is -2.04. The Morgan fingerprint density at radius 1 is 1.33 bits per heavy atom. The lowest BCUT2D eigenvalue weighted by Gasteiger charge is -2.08. The average molecular weight is 248 g/mol. The first-order valence-electron chi connectivity index (χ1n) is 6.49. The van der Waals surface area contributed by atoms with Gasteiger partial charge in [0.15, 0.2) is 0 Å². The van der Waals surface area contributed by atoms with Crippen LogP contribution < -0.4 is 10.1 Å². The summed E-state index contributed by atoms with van der Waals surface area (Å²) in [4.78, 5) is 8.65. The maximum absolute atomic E-state index is 5.73. The minimum absolute atomic E-state index is 0.600. The van der Waals surface area contributed by atoms with Crippen LogP contribution in [0.4, 0.5) is 5.82 Å². The quantitative estimate of drug-likeness (QED) is 0.765. The van der Waals surface area contributed by atoms with E-state index in [0.29, 0.717) is 12.5 Å². The number of anilines is 1. The highest BCUT2D eigenvalue weighted by Crippen LogP contribution is 2.18. The zero-order valence-electron chi connectivity index (χ0n) is 11.0. The highest BCUT2D eigenvalue weighted by atomic mass is 16.5. The molecule has 0 aliphatic rings. The Bertz CT molecular complexity index is 495. The van der Waals surface area contributed by atoms with E-state index in [-0.39, 0.29) is 0 Å². The van der Waals surface area contributed by atoms with E-state index in [9.17, 15) is 0 Å². The van der Waals surface area contributed by atoms with Gasteiger partial charge in [0.25, 0.3) is 5.88 Å². The second-order valence-electron chi connectivity index (χ2n) is 4.25. The van der Waals surface area contributed by atoms with Gasteiger partial charge in [0, 0.05) is 19.4 Å². The lowest BCUT2D eigenvalue weighted by molar-refractivity contribution is 0.296. The van der Waals surface area contributed by atoms with E-state index in [0.717, 1.165) is 17.9 Å². The molecule has 2 aromatic heterocycles. The predicted molar refractivity (Wildman–Crippen MR) is 72.2 cm³/mol. The average Bonchev–Trinajstić information content (AvgIpc) is 2.86. The van der Waals surface area contributed by atoms with Crippen molar-refractivity contribution in [3.05, 3.63) is 18.6 Å². The number of ether oxygens (including phenoxy) is 1. The van der Waals surface area contributed by atoms with Gasteiger partial charge in [0.2, 0.25) is 5.65 Å². The Morgan fingerprint density at radius 2 is 2.22 bits per heavy atom. The van der Waals surface area contributed by atoms with Gasteiger partial charge in [0.05, 0.1) is 12.8 Å². The van der Waals surface area contributed by atoms with Crippen molar-refractivity contribution in [3.63, 3.8) is 0 Å². The fourth-order valence-electron chi connectivity index (χ4n) is 1.82. The molecule has 0 unspecified atom stereocenters. The molecule has 5 heteroatoms. The van der Waals surface area contributed by atoms with Crippen LogP contribution in [0.15, 0.2) is 18.6 Å². The summed E-state index contributed by atoms with van der Waals surface area (Å²) in [6.45, 7) is 2.90. The third kappa shape index (κ3) is 2.91. The van der Waals surface area contributed by atoms with Crippen molar-refractivity contribution in [2.24, 2.45) is 0 Å². The van der Waals surface area contributed by atoms with Crippen LogP contribution >= 0.6 is 0 Å². The Hall–Kier alpha value is -1.78. The maximum Gasteiger partial charge on any atom is 0.260 e. The number of imidazole rings is 1. The van der Waals surface area contributed by atoms with Crippen LogP contribution in [-0.4, -0.2) is 28.0 Å². The Morgan fingerprint density at radius 3 is 3.00 bits per heavy atom. The number of unbranched alkanes of at least 4 members (excludes halogenated alkanes) is 3. The molecule has 0 radical (unpaired) electrons. The van der Waals surface area contributed by atoms with E-state index >= 15 is 0 Å². The van der Waals surface area contributed by atoms with Gasteiger partial charge in [-0.25, -0.2) is 4.98 Å². The molecule has 98 valence electrons. The molecule has 0 spiro atoms. The zero-order chi connectivity index (χ0) is 12.8. The van der Waals surface area contributed by atoms with E-state index in [1.54, 1.807) is 6.20 Å². The normalized spacial score (nSPS) is 10.8. The van der Waals surface area contributed by atoms with Crippen LogP contribution in [0.1, 0.15) is 32.6 Å². The van der Waals surface area contributed by atoms with Crippen molar-refractivity contribution < 1.29 is 4.74 Å². The first kappa shape index (κ1) is 12.7. The van der Waals surface area contributed by atoms with Crippen LogP contribution in [0.25, 0.3) is 5.65 Å². The van der Waals surface area contributed by atoms with Crippen LogP contribution in [0.5, 0.6) is 5.88 Å². The third-order valence-corrected chi connectivity index (χ3v) is 2.84. The van der Waals surface area contributed by atoms with Crippen LogP contribution in [0.2, 0.25) is 0 Å². The van der Waals surface area contributed by atoms with Crippen molar-refractivity contribution in [2.45, 2.75) is 32.6 Å². The van der Waals surface area contributed by atoms with Crippen molar-refractivity contribution in [3.8, 4) is 5.88 Å². The standard InChI is InChI=1S/C13H20N4O/c1-3-4-5-6-9-18-13-12-15-7-8-17(12)10-11(14-2)16-13/h7-8,10,14H,3-6,9H2,1-2H3. The molecule has 18 heavy (non-hydrogen) atoms. The molecule has 1 N–H and O–H groups in total. The smallest absolute Gasteiger partial charge is 0.260 e. The summed E-state index contributed by atoms with van der Waals surface area (Å²) < 4.78 is 7.65. The van der Waals surface area contributed by atoms with Gasteiger partial charge in [0.1, 0.15) is 5.82 Å². The zero-order valence-corrected chi connectivity index (χ0v) is 11.0. The number of hydrogen-bond donors (Lipinski definition) is 1. The summed E-state index contributed by atoms with van der Waals surface area (Å²) in [6, 6.07) is 0. The largest absolute Gasteiger partial charge is 0.475 e. The second-order valence-corrected chi connectivity index (χ2v) is 4.25. The summed E-state index contributed by atoms with van der Waals surface area (Å²) in [5, 5.41) is 3.02. The van der Waals surface area contributed by atoms with E-state index < -0.39 is 0 Å². The van der Waals surface area contributed by atoms with Crippen molar-refractivity contribution in [1.29, 1.82) is 0 Å². The molecule has 0 aliphatic heterocycles. The van der Waals surface area contributed by atoms with Crippen LogP contribution in [0, 0.1) is 0 Å². The molecule has 0 bridgehead atoms. The van der Waals surface area contributed by atoms with E-state index in [2.05, 4.69) is 22.2 Å². The number of fused-ring (bicyclic) bond motifs is 1. The van der Waals surface area contributed by atoms with Gasteiger partial charge in [-0.05, 0) is 6.42 Å². The van der Waals surface area contributed by atoms with Crippen molar-refractivity contribution in [2.75, 3.05) is 19.0 Å². The van der Waals surface area contributed by atoms with Crippen LogP contribution in [0.3, 0.4) is 0 Å². The predicted octanol–water partition coefficient (Wildman–Crippen LogP) is 2.73. The second kappa shape index (κ2) is 6.23. The van der Waals surface area contributed by atoms with E-state index in [1.165, 1.54) is 19.3 Å². The summed E-state index contributed by atoms with van der Waals surface area (Å²) in [6.07, 6.45) is 10.3. The van der Waals surface area contributed by atoms with Crippen LogP contribution in [-0.2, 0) is 0 Å². The van der Waals surface area contributed by atoms with Gasteiger partial charge >= 0.3 is 0 Å². The molecule has 0 aliphatic carbocycles. The fraction of sp³-hybridized carbons (Fsp3) is 0.538. The molecule has 0 fully saturated rings. The van der Waals surface area contributed by atoms with Gasteiger partial charge in [-0.15, -0.1) is 0 Å². The summed E-state index contributed by atoms with van der Waals surface area (Å²) >= 11 is 0. The molecular weight excluding hydrogens is 228 g/mol. The topological polar surface area (TPSA) is 51.5 Å². The molecule has 0 atom stereocenters. The summed E-state index contributed by atoms with van der Waals surface area (Å²) in [5.74, 6) is 1.38. The Kier molecular flexibility index (Phi) is 4.39. The number of hydrogen-bond acceptors (Lipinski definition) is 4. The van der Waals surface area contributed by atoms with E-state index in [4.69, 9.17) is 4.74 Å². The highest BCUT2D eigenvalue weighted by Gasteiger charge is 2.07. The SMILES string of the molecule is CCCCCCOc1nc(NC)cn2ccnc12. The molecule has 0 amide bonds. The number of nitrogens with zero attached hydrogens (tertiary/aromatic N) is 3. The van der Waals surface area contributed by atoms with Gasteiger partial charge in [-0.3, -0.25) is 4.40 Å². The molecule has 2 heterocycles. The fourth-order valence-corrected chi connectivity index (χ4v) is 1.82. The summed E-state index contributed by atoms with van der Waals surface area (Å²) in [5.41, 5.74) is 0.768. The molecule has 2 rings (SSSR count). The molecule has 0 saturated heterocycles. The van der Waals surface area contributed by atoms with Gasteiger partial charge in [-0.1, -0.05) is 26.2 Å². The molecular formula is C13H20N4O. The van der Waals surface area contributed by atoms with E-state index in [1.807, 2.05) is 23.8 Å². The lowest BCUT2D eigenvalue weighted by atomic mass is 10.2. The maximum atomic E-state index is 5.73.